The summed E-state index contributed by atoms with van der Waals surface area (Å²) >= 11 is 0. The number of rotatable bonds is 13. The van der Waals surface area contributed by atoms with Gasteiger partial charge in [-0.15, -0.1) is 10.2 Å². The molecule has 0 bridgehead atoms. The van der Waals surface area contributed by atoms with E-state index >= 15 is 0 Å². The number of H-pyrrole nitrogens is 1. The average Bonchev–Trinajstić information content (AvgIpc) is 3.64. The molecule has 3 aromatic rings. The van der Waals surface area contributed by atoms with E-state index in [1.54, 1.807) is 18.2 Å². The first-order chi connectivity index (χ1) is 19.8. The van der Waals surface area contributed by atoms with Crippen LogP contribution in [0.15, 0.2) is 36.8 Å². The van der Waals surface area contributed by atoms with E-state index in [1.807, 2.05) is 13.8 Å². The highest BCUT2D eigenvalue weighted by molar-refractivity contribution is 6.06. The van der Waals surface area contributed by atoms with Crippen LogP contribution < -0.4 is 20.9 Å². The lowest BCUT2D eigenvalue weighted by molar-refractivity contribution is -0.138. The number of fused-ring (bicyclic) bond motifs is 1. The molecule has 0 aromatic carbocycles. The second-order valence-electron chi connectivity index (χ2n) is 9.53. The molecule has 4 rings (SSSR count). The van der Waals surface area contributed by atoms with Crippen molar-refractivity contribution in [3.63, 3.8) is 0 Å². The van der Waals surface area contributed by atoms with Crippen LogP contribution in [0.2, 0.25) is 0 Å². The largest absolute Gasteiger partial charge is 0.481 e. The number of aromatic nitrogens is 7. The van der Waals surface area contributed by atoms with Gasteiger partial charge < -0.3 is 21.1 Å². The summed E-state index contributed by atoms with van der Waals surface area (Å²) in [5.41, 5.74) is 0.657. The number of carboxylic acid groups (broad SMARTS) is 1. The van der Waals surface area contributed by atoms with Crippen molar-refractivity contribution in [1.82, 2.24) is 46.2 Å². The zero-order chi connectivity index (χ0) is 29.4. The quantitative estimate of drug-likeness (QED) is 0.182. The van der Waals surface area contributed by atoms with Gasteiger partial charge in [0, 0.05) is 31.4 Å². The number of carbonyl (C=O) groups is 4. The molecule has 3 aromatic heterocycles. The highest BCUT2D eigenvalue weighted by atomic mass is 16.4. The molecule has 3 amide bonds. The molecule has 0 spiro atoms. The van der Waals surface area contributed by atoms with E-state index in [1.165, 1.54) is 23.5 Å². The number of pyridine rings is 1. The van der Waals surface area contributed by atoms with Crippen molar-refractivity contribution < 1.29 is 24.3 Å². The summed E-state index contributed by atoms with van der Waals surface area (Å²) in [5.74, 6) is -2.26. The fourth-order valence-electron chi connectivity index (χ4n) is 4.43. The van der Waals surface area contributed by atoms with Gasteiger partial charge in [-0.25, -0.2) is 15.0 Å². The summed E-state index contributed by atoms with van der Waals surface area (Å²) in [6, 6.07) is 2.01. The number of nitrogens with one attached hydrogen (secondary N) is 4. The van der Waals surface area contributed by atoms with E-state index in [9.17, 15) is 24.3 Å². The van der Waals surface area contributed by atoms with Crippen molar-refractivity contribution in [1.29, 1.82) is 0 Å². The topological polar surface area (TPSA) is 221 Å². The number of anilines is 2. The second-order valence-corrected chi connectivity index (χ2v) is 9.53. The predicted octanol–water partition coefficient (Wildman–Crippen LogP) is -0.165. The molecule has 0 radical (unpaired) electrons. The molecule has 16 heteroatoms. The van der Waals surface area contributed by atoms with E-state index < -0.39 is 48.2 Å². The van der Waals surface area contributed by atoms with Gasteiger partial charge in [0.15, 0.2) is 5.82 Å². The lowest BCUT2D eigenvalue weighted by Crippen LogP contribution is -2.57. The number of hydrogen-bond acceptors (Lipinski definition) is 11. The fraction of sp³-hybridized carbons (Fsp3) is 0.440. The van der Waals surface area contributed by atoms with Gasteiger partial charge in [-0.05, 0) is 30.0 Å². The van der Waals surface area contributed by atoms with E-state index in [2.05, 4.69) is 51.5 Å². The molecule has 0 saturated carbocycles. The van der Waals surface area contributed by atoms with Crippen LogP contribution in [0.25, 0.3) is 0 Å². The minimum absolute atomic E-state index is 0.0272. The van der Waals surface area contributed by atoms with Crippen LogP contribution in [0.5, 0.6) is 0 Å². The summed E-state index contributed by atoms with van der Waals surface area (Å²) in [4.78, 5) is 66.1. The van der Waals surface area contributed by atoms with E-state index in [0.29, 0.717) is 12.0 Å². The van der Waals surface area contributed by atoms with Gasteiger partial charge in [0.25, 0.3) is 5.91 Å². The minimum Gasteiger partial charge on any atom is -0.481 e. The standard InChI is InChI=1S/C25H31N11O5/c1-3-14(2)20(31-25-27-10-5-11-28-25)23(40)30-16(7-8-19(37)38)24(41)36-17(12-15-6-4-9-26-21(15)36)22(39)29-13-18-32-34-35-33-18/h4-6,9-11,14,16-17,20H,3,7-8,12-13H2,1-2H3,(H,29,39)(H,30,40)(H,37,38)(H,27,28,31)(H,32,33,34,35)/t14-,16?,17?,20-/m0/s1. The Balaban J connectivity index is 1.59. The van der Waals surface area contributed by atoms with Crippen molar-refractivity contribution in [2.24, 2.45) is 5.92 Å². The van der Waals surface area contributed by atoms with Crippen LogP contribution in [-0.4, -0.2) is 82.5 Å². The highest BCUT2D eigenvalue weighted by Crippen LogP contribution is 2.31. The third-order valence-corrected chi connectivity index (χ3v) is 6.78. The smallest absolute Gasteiger partial charge is 0.303 e. The summed E-state index contributed by atoms with van der Waals surface area (Å²) < 4.78 is 0. The number of carbonyl (C=O) groups excluding carboxylic acids is 3. The third-order valence-electron chi connectivity index (χ3n) is 6.78. The van der Waals surface area contributed by atoms with Crippen LogP contribution in [0, 0.1) is 5.92 Å². The van der Waals surface area contributed by atoms with Crippen LogP contribution >= 0.6 is 0 Å². The number of carboxylic acids is 1. The Bertz CT molecular complexity index is 1350. The second kappa shape index (κ2) is 13.4. The molecule has 2 unspecified atom stereocenters. The Morgan fingerprint density at radius 2 is 1.90 bits per heavy atom. The average molecular weight is 566 g/mol. The highest BCUT2D eigenvalue weighted by Gasteiger charge is 2.42. The van der Waals surface area contributed by atoms with Crippen LogP contribution in [0.3, 0.4) is 0 Å². The Labute approximate surface area is 234 Å². The van der Waals surface area contributed by atoms with Crippen LogP contribution in [-0.2, 0) is 32.1 Å². The van der Waals surface area contributed by atoms with Gasteiger partial charge in [-0.3, -0.25) is 24.1 Å². The van der Waals surface area contributed by atoms with Gasteiger partial charge in [0.1, 0.15) is 23.9 Å². The molecule has 16 nitrogen and oxygen atoms in total. The minimum atomic E-state index is -1.26. The number of aliphatic carboxylic acids is 1. The molecule has 4 atom stereocenters. The first-order valence-electron chi connectivity index (χ1n) is 13.1. The summed E-state index contributed by atoms with van der Waals surface area (Å²) in [6.07, 6.45) is 4.75. The normalized spacial score (nSPS) is 16.2. The number of amides is 3. The first kappa shape index (κ1) is 29.0. The summed E-state index contributed by atoms with van der Waals surface area (Å²) in [7, 11) is 0. The molecule has 5 N–H and O–H groups in total. The van der Waals surface area contributed by atoms with Gasteiger partial charge >= 0.3 is 5.97 Å². The lowest BCUT2D eigenvalue weighted by atomic mass is 9.97. The molecule has 0 fully saturated rings. The van der Waals surface area contributed by atoms with Crippen LogP contribution in [0.1, 0.15) is 44.5 Å². The van der Waals surface area contributed by atoms with Gasteiger partial charge in [-0.1, -0.05) is 31.5 Å². The molecule has 0 aliphatic carbocycles. The maximum atomic E-state index is 14.0. The van der Waals surface area contributed by atoms with Gasteiger partial charge in [-0.2, -0.15) is 5.21 Å². The Morgan fingerprint density at radius 1 is 1.15 bits per heavy atom. The number of tetrazole rings is 1. The summed E-state index contributed by atoms with van der Waals surface area (Å²) in [5, 5.41) is 31.2. The molecule has 0 saturated heterocycles. The molecule has 4 heterocycles. The van der Waals surface area contributed by atoms with Crippen molar-refractivity contribution in [2.75, 3.05) is 10.2 Å². The first-order valence-corrected chi connectivity index (χ1v) is 13.1. The molecular formula is C25H31N11O5. The molecule has 1 aliphatic heterocycles. The Morgan fingerprint density at radius 3 is 2.59 bits per heavy atom. The number of hydrogen-bond donors (Lipinski definition) is 5. The maximum Gasteiger partial charge on any atom is 0.303 e. The molecular weight excluding hydrogens is 534 g/mol. The SMILES string of the molecule is CC[C@H](C)[C@H](Nc1ncccn1)C(=O)NC(CCC(=O)O)C(=O)N1c2ncccc2CC1C(=O)NCc1nn[nH]n1. The number of aromatic amines is 1. The molecule has 41 heavy (non-hydrogen) atoms. The van der Waals surface area contributed by atoms with Crippen molar-refractivity contribution in [3.8, 4) is 0 Å². The van der Waals surface area contributed by atoms with Crippen molar-refractivity contribution >= 4 is 35.5 Å². The fourth-order valence-corrected chi connectivity index (χ4v) is 4.43. The molecule has 216 valence electrons. The lowest BCUT2D eigenvalue weighted by Gasteiger charge is -2.30. The summed E-state index contributed by atoms with van der Waals surface area (Å²) in [6.45, 7) is 3.75. The van der Waals surface area contributed by atoms with Crippen LogP contribution in [0.4, 0.5) is 11.8 Å². The maximum absolute atomic E-state index is 14.0. The Hall–Kier alpha value is -5.02. The van der Waals surface area contributed by atoms with E-state index in [-0.39, 0.29) is 42.9 Å². The van der Waals surface area contributed by atoms with E-state index in [0.717, 1.165) is 0 Å². The van der Waals surface area contributed by atoms with Crippen molar-refractivity contribution in [3.05, 3.63) is 48.2 Å². The van der Waals surface area contributed by atoms with Gasteiger partial charge in [0.2, 0.25) is 17.8 Å². The Kier molecular flexibility index (Phi) is 9.44. The monoisotopic (exact) mass is 565 g/mol. The number of nitrogens with zero attached hydrogens (tertiary/aromatic N) is 7. The zero-order valence-corrected chi connectivity index (χ0v) is 22.5. The predicted molar refractivity (Wildman–Crippen MR) is 143 cm³/mol. The zero-order valence-electron chi connectivity index (χ0n) is 22.5. The van der Waals surface area contributed by atoms with E-state index in [4.69, 9.17) is 0 Å². The third kappa shape index (κ3) is 7.14. The molecule has 1 aliphatic rings. The van der Waals surface area contributed by atoms with Gasteiger partial charge in [0.05, 0.1) is 6.54 Å². The van der Waals surface area contributed by atoms with Crippen molar-refractivity contribution in [2.45, 2.75) is 64.2 Å².